The molecule has 0 heterocycles. The highest BCUT2D eigenvalue weighted by Gasteiger charge is 2.17. The van der Waals surface area contributed by atoms with Gasteiger partial charge in [-0.3, -0.25) is 0 Å². The molecule has 1 atom stereocenters. The summed E-state index contributed by atoms with van der Waals surface area (Å²) < 4.78 is 0. The minimum Gasteiger partial charge on any atom is -0.0834 e. The van der Waals surface area contributed by atoms with E-state index in [2.05, 4.69) is 55.5 Å². The van der Waals surface area contributed by atoms with Crippen LogP contribution in [-0.4, -0.2) is 0 Å². The zero-order chi connectivity index (χ0) is 11.0. The molecule has 0 radical (unpaired) electrons. The summed E-state index contributed by atoms with van der Waals surface area (Å²) in [5.41, 5.74) is 5.86. The van der Waals surface area contributed by atoms with Crippen molar-refractivity contribution >= 4 is 6.08 Å². The van der Waals surface area contributed by atoms with Crippen molar-refractivity contribution in [2.75, 3.05) is 0 Å². The van der Waals surface area contributed by atoms with Crippen LogP contribution in [-0.2, 0) is 6.42 Å². The van der Waals surface area contributed by atoms with E-state index in [0.717, 1.165) is 6.42 Å². The fourth-order valence-corrected chi connectivity index (χ4v) is 2.61. The van der Waals surface area contributed by atoms with Crippen molar-refractivity contribution < 1.29 is 0 Å². The van der Waals surface area contributed by atoms with Crippen molar-refractivity contribution in [1.29, 1.82) is 0 Å². The summed E-state index contributed by atoms with van der Waals surface area (Å²) >= 11 is 0. The van der Waals surface area contributed by atoms with Crippen LogP contribution in [0, 0.1) is 5.92 Å². The molecule has 0 nitrogen and oxygen atoms in total. The summed E-state index contributed by atoms with van der Waals surface area (Å²) in [5, 5.41) is 0. The molecule has 0 spiro atoms. The Morgan fingerprint density at radius 2 is 1.94 bits per heavy atom. The third-order valence-corrected chi connectivity index (χ3v) is 3.63. The van der Waals surface area contributed by atoms with Gasteiger partial charge < -0.3 is 0 Å². The maximum absolute atomic E-state index is 2.33. The van der Waals surface area contributed by atoms with E-state index < -0.39 is 0 Å². The topological polar surface area (TPSA) is 0 Å². The van der Waals surface area contributed by atoms with E-state index in [1.807, 2.05) is 0 Å². The van der Waals surface area contributed by atoms with Gasteiger partial charge in [0.05, 0.1) is 0 Å². The van der Waals surface area contributed by atoms with E-state index >= 15 is 0 Å². The Morgan fingerprint density at radius 3 is 2.88 bits per heavy atom. The smallest absolute Gasteiger partial charge is 0.00494 e. The van der Waals surface area contributed by atoms with Crippen LogP contribution in [0.15, 0.2) is 53.6 Å². The van der Waals surface area contributed by atoms with Crippen molar-refractivity contribution in [2.45, 2.75) is 19.8 Å². The molecule has 0 saturated heterocycles. The predicted octanol–water partition coefficient (Wildman–Crippen LogP) is 4.15. The Morgan fingerprint density at radius 1 is 1.06 bits per heavy atom. The fourth-order valence-electron chi connectivity index (χ4n) is 2.61. The lowest BCUT2D eigenvalue weighted by atomic mass is 9.85. The Hall–Kier alpha value is -1.56. The molecule has 1 aromatic carbocycles. The standard InChI is InChI=1S/C16H16/c1-12-5-4-8-14-10-9-13-6-2-3-7-15(13)11-16(12)14/h2-4,6-10,12H,5,11H2,1H3. The van der Waals surface area contributed by atoms with Crippen molar-refractivity contribution in [1.82, 2.24) is 0 Å². The van der Waals surface area contributed by atoms with Gasteiger partial charge >= 0.3 is 0 Å². The zero-order valence-electron chi connectivity index (χ0n) is 9.61. The Labute approximate surface area is 97.0 Å². The van der Waals surface area contributed by atoms with Crippen LogP contribution in [0.5, 0.6) is 0 Å². The summed E-state index contributed by atoms with van der Waals surface area (Å²) in [5.74, 6) is 0.691. The van der Waals surface area contributed by atoms with Gasteiger partial charge in [-0.05, 0) is 35.5 Å². The lowest BCUT2D eigenvalue weighted by Gasteiger charge is -2.20. The summed E-state index contributed by atoms with van der Waals surface area (Å²) in [6, 6.07) is 8.72. The molecular formula is C16H16. The average Bonchev–Trinajstić information content (AvgIpc) is 2.50. The highest BCUT2D eigenvalue weighted by molar-refractivity contribution is 5.62. The largest absolute Gasteiger partial charge is 0.0834 e. The molecule has 80 valence electrons. The molecule has 2 aliphatic carbocycles. The van der Waals surface area contributed by atoms with Gasteiger partial charge in [-0.25, -0.2) is 0 Å². The molecule has 16 heavy (non-hydrogen) atoms. The molecule has 3 rings (SSSR count). The number of allylic oxidation sites excluding steroid dienone is 5. The molecule has 0 fully saturated rings. The Kier molecular flexibility index (Phi) is 2.28. The van der Waals surface area contributed by atoms with E-state index in [9.17, 15) is 0 Å². The molecule has 0 saturated carbocycles. The molecular weight excluding hydrogens is 192 g/mol. The second kappa shape index (κ2) is 3.79. The van der Waals surface area contributed by atoms with Gasteiger partial charge in [0.25, 0.3) is 0 Å². The first-order valence-electron chi connectivity index (χ1n) is 6.00. The monoisotopic (exact) mass is 208 g/mol. The summed E-state index contributed by atoms with van der Waals surface area (Å²) in [7, 11) is 0. The maximum atomic E-state index is 2.33. The third kappa shape index (κ3) is 1.55. The van der Waals surface area contributed by atoms with Gasteiger partial charge in [0.2, 0.25) is 0 Å². The van der Waals surface area contributed by atoms with Gasteiger partial charge in [-0.2, -0.15) is 0 Å². The second-order valence-corrected chi connectivity index (χ2v) is 4.73. The molecule has 0 bridgehead atoms. The first-order valence-corrected chi connectivity index (χ1v) is 6.00. The number of hydrogen-bond donors (Lipinski definition) is 0. The first-order chi connectivity index (χ1) is 7.84. The minimum absolute atomic E-state index is 0.691. The number of benzene rings is 1. The summed E-state index contributed by atoms with van der Waals surface area (Å²) in [4.78, 5) is 0. The van der Waals surface area contributed by atoms with Gasteiger partial charge in [0, 0.05) is 0 Å². The van der Waals surface area contributed by atoms with Crippen molar-refractivity contribution in [3.63, 3.8) is 0 Å². The van der Waals surface area contributed by atoms with E-state index in [0.29, 0.717) is 5.92 Å². The molecule has 0 aromatic heterocycles. The minimum atomic E-state index is 0.691. The van der Waals surface area contributed by atoms with Crippen LogP contribution in [0.4, 0.5) is 0 Å². The van der Waals surface area contributed by atoms with Gasteiger partial charge in [-0.15, -0.1) is 0 Å². The first kappa shape index (κ1) is 9.65. The second-order valence-electron chi connectivity index (χ2n) is 4.73. The maximum Gasteiger partial charge on any atom is -0.00494 e. The highest BCUT2D eigenvalue weighted by atomic mass is 14.2. The van der Waals surface area contributed by atoms with Crippen molar-refractivity contribution in [2.24, 2.45) is 5.92 Å². The van der Waals surface area contributed by atoms with Gasteiger partial charge in [0.1, 0.15) is 0 Å². The van der Waals surface area contributed by atoms with E-state index in [4.69, 9.17) is 0 Å². The quantitative estimate of drug-likeness (QED) is 0.601. The van der Waals surface area contributed by atoms with E-state index in [1.54, 1.807) is 5.57 Å². The molecule has 2 aliphatic rings. The number of rotatable bonds is 0. The van der Waals surface area contributed by atoms with E-state index in [1.165, 1.54) is 23.1 Å². The lowest BCUT2D eigenvalue weighted by Crippen LogP contribution is -2.07. The normalized spacial score (nSPS) is 22.7. The fraction of sp³-hybridized carbons (Fsp3) is 0.250. The Balaban J connectivity index is 2.10. The molecule has 0 N–H and O–H groups in total. The average molecular weight is 208 g/mol. The predicted molar refractivity (Wildman–Crippen MR) is 69.1 cm³/mol. The van der Waals surface area contributed by atoms with Crippen molar-refractivity contribution in [3.8, 4) is 0 Å². The van der Waals surface area contributed by atoms with Crippen molar-refractivity contribution in [3.05, 3.63) is 64.8 Å². The zero-order valence-corrected chi connectivity index (χ0v) is 9.61. The number of fused-ring (bicyclic) bond motifs is 1. The highest BCUT2D eigenvalue weighted by Crippen LogP contribution is 2.32. The van der Waals surface area contributed by atoms with Crippen LogP contribution < -0.4 is 0 Å². The molecule has 0 aliphatic heterocycles. The number of hydrogen-bond acceptors (Lipinski definition) is 0. The van der Waals surface area contributed by atoms with Crippen LogP contribution in [0.1, 0.15) is 24.5 Å². The molecule has 0 amide bonds. The molecule has 0 heteroatoms. The summed E-state index contributed by atoms with van der Waals surface area (Å²) in [6.45, 7) is 2.33. The third-order valence-electron chi connectivity index (χ3n) is 3.63. The van der Waals surface area contributed by atoms with E-state index in [-0.39, 0.29) is 0 Å². The Bertz CT molecular complexity index is 501. The van der Waals surface area contributed by atoms with Crippen LogP contribution >= 0.6 is 0 Å². The van der Waals surface area contributed by atoms with Gasteiger partial charge in [-0.1, -0.05) is 61.1 Å². The van der Waals surface area contributed by atoms with Crippen LogP contribution in [0.2, 0.25) is 0 Å². The van der Waals surface area contributed by atoms with Gasteiger partial charge in [0.15, 0.2) is 0 Å². The van der Waals surface area contributed by atoms with Crippen LogP contribution in [0.3, 0.4) is 0 Å². The SMILES string of the molecule is CC1CC=CC2=C1Cc1ccccc1C=C2. The van der Waals surface area contributed by atoms with Crippen LogP contribution in [0.25, 0.3) is 6.08 Å². The molecule has 1 aromatic rings. The lowest BCUT2D eigenvalue weighted by molar-refractivity contribution is 0.661. The summed E-state index contributed by atoms with van der Waals surface area (Å²) in [6.07, 6.45) is 11.4. The molecule has 1 unspecified atom stereocenters.